The normalized spacial score (nSPS) is 25.0. The fourth-order valence-corrected chi connectivity index (χ4v) is 4.10. The molecule has 0 saturated heterocycles. The molecule has 2 atom stereocenters. The molecule has 1 fully saturated rings. The molecular weight excluding hydrogens is 278 g/mol. The quantitative estimate of drug-likeness (QED) is 0.854. The lowest BCUT2D eigenvalue weighted by Gasteiger charge is -2.50. The van der Waals surface area contributed by atoms with Gasteiger partial charge in [-0.25, -0.2) is 18.1 Å². The van der Waals surface area contributed by atoms with Gasteiger partial charge in [0.15, 0.2) is 0 Å². The number of rotatable bonds is 5. The van der Waals surface area contributed by atoms with Crippen molar-refractivity contribution in [3.8, 4) is 0 Å². The smallest absolute Gasteiger partial charge is 0.244 e. The van der Waals surface area contributed by atoms with Gasteiger partial charge in [0.25, 0.3) is 0 Å². The minimum absolute atomic E-state index is 0.0767. The topological polar surface area (TPSA) is 80.3 Å². The summed E-state index contributed by atoms with van der Waals surface area (Å²) in [5.41, 5.74) is -0.218. The highest BCUT2D eigenvalue weighted by atomic mass is 32.2. The van der Waals surface area contributed by atoms with Crippen molar-refractivity contribution in [1.82, 2.24) is 9.71 Å². The fourth-order valence-electron chi connectivity index (χ4n) is 2.53. The molecule has 1 aromatic rings. The molecule has 2 N–H and O–H groups in total. The number of methoxy groups -OCH3 is 1. The summed E-state index contributed by atoms with van der Waals surface area (Å²) in [4.78, 5) is 4.19. The van der Waals surface area contributed by atoms with E-state index < -0.39 is 10.0 Å². The number of hydrogen-bond acceptors (Lipinski definition) is 5. The van der Waals surface area contributed by atoms with E-state index in [1.54, 1.807) is 32.5 Å². The van der Waals surface area contributed by atoms with Gasteiger partial charge in [0, 0.05) is 31.8 Å². The zero-order valence-electron chi connectivity index (χ0n) is 12.2. The van der Waals surface area contributed by atoms with Crippen molar-refractivity contribution in [3.63, 3.8) is 0 Å². The van der Waals surface area contributed by atoms with E-state index in [0.717, 1.165) is 0 Å². The predicted molar refractivity (Wildman–Crippen MR) is 77.1 cm³/mol. The largest absolute Gasteiger partial charge is 0.381 e. The van der Waals surface area contributed by atoms with Crippen molar-refractivity contribution >= 4 is 15.8 Å². The van der Waals surface area contributed by atoms with Crippen LogP contribution in [0.5, 0.6) is 0 Å². The molecule has 20 heavy (non-hydrogen) atoms. The van der Waals surface area contributed by atoms with Gasteiger partial charge in [0.05, 0.1) is 6.10 Å². The van der Waals surface area contributed by atoms with Gasteiger partial charge in [0.2, 0.25) is 10.0 Å². The molecule has 7 heteroatoms. The first-order valence-corrected chi connectivity index (χ1v) is 7.99. The number of aromatic nitrogens is 1. The van der Waals surface area contributed by atoms with Crippen LogP contribution in [0, 0.1) is 5.41 Å². The Morgan fingerprint density at radius 2 is 2.15 bits per heavy atom. The molecule has 0 aromatic carbocycles. The van der Waals surface area contributed by atoms with Gasteiger partial charge in [-0.15, -0.1) is 0 Å². The minimum atomic E-state index is -3.60. The van der Waals surface area contributed by atoms with E-state index >= 15 is 0 Å². The van der Waals surface area contributed by atoms with Crippen LogP contribution in [0.4, 0.5) is 5.82 Å². The maximum absolute atomic E-state index is 12.5. The Morgan fingerprint density at radius 3 is 2.70 bits per heavy atom. The second-order valence-electron chi connectivity index (χ2n) is 5.56. The molecule has 1 aliphatic rings. The third-order valence-electron chi connectivity index (χ3n) is 4.06. The zero-order valence-corrected chi connectivity index (χ0v) is 13.0. The molecule has 0 spiro atoms. The molecule has 2 unspecified atom stereocenters. The number of nitrogens with zero attached hydrogens (tertiary/aromatic N) is 1. The highest BCUT2D eigenvalue weighted by Gasteiger charge is 2.50. The van der Waals surface area contributed by atoms with Gasteiger partial charge in [-0.3, -0.25) is 0 Å². The van der Waals surface area contributed by atoms with Crippen LogP contribution >= 0.6 is 0 Å². The first-order valence-electron chi connectivity index (χ1n) is 6.51. The third kappa shape index (κ3) is 2.53. The van der Waals surface area contributed by atoms with E-state index in [-0.39, 0.29) is 22.5 Å². The summed E-state index contributed by atoms with van der Waals surface area (Å²) in [5, 5.41) is 2.80. The number of pyridine rings is 1. The highest BCUT2D eigenvalue weighted by Crippen LogP contribution is 2.43. The molecule has 0 aliphatic heterocycles. The first kappa shape index (κ1) is 15.2. The number of nitrogens with one attached hydrogen (secondary N) is 2. The Morgan fingerprint density at radius 1 is 1.45 bits per heavy atom. The highest BCUT2D eigenvalue weighted by molar-refractivity contribution is 7.89. The summed E-state index contributed by atoms with van der Waals surface area (Å²) in [5.74, 6) is 0.348. The van der Waals surface area contributed by atoms with Gasteiger partial charge >= 0.3 is 0 Å². The molecule has 112 valence electrons. The third-order valence-corrected chi connectivity index (χ3v) is 5.56. The maximum atomic E-state index is 12.5. The maximum Gasteiger partial charge on any atom is 0.244 e. The molecule has 0 radical (unpaired) electrons. The SMILES string of the molecule is CNc1ncccc1S(=O)(=O)NC1CC(OC)C1(C)C. The van der Waals surface area contributed by atoms with Crippen molar-refractivity contribution in [3.05, 3.63) is 18.3 Å². The molecule has 2 rings (SSSR count). The van der Waals surface area contributed by atoms with E-state index in [9.17, 15) is 8.42 Å². The number of anilines is 1. The van der Waals surface area contributed by atoms with Gasteiger partial charge < -0.3 is 10.1 Å². The van der Waals surface area contributed by atoms with Gasteiger partial charge in [-0.05, 0) is 18.6 Å². The summed E-state index contributed by atoms with van der Waals surface area (Å²) in [7, 11) is -0.298. The van der Waals surface area contributed by atoms with Crippen molar-refractivity contribution in [2.75, 3.05) is 19.5 Å². The standard InChI is InChI=1S/C13H21N3O3S/c1-13(2)10(8-11(13)19-4)16-20(17,18)9-6-5-7-15-12(9)14-3/h5-7,10-11,16H,8H2,1-4H3,(H,14,15). The van der Waals surface area contributed by atoms with Crippen molar-refractivity contribution in [2.45, 2.75) is 37.3 Å². The molecule has 1 heterocycles. The van der Waals surface area contributed by atoms with Crippen LogP contribution in [-0.4, -0.2) is 39.7 Å². The van der Waals surface area contributed by atoms with Crippen LogP contribution in [0.15, 0.2) is 23.2 Å². The predicted octanol–water partition coefficient (Wildman–Crippen LogP) is 1.22. The summed E-state index contributed by atoms with van der Waals surface area (Å²) in [6, 6.07) is 3.02. The van der Waals surface area contributed by atoms with E-state index in [4.69, 9.17) is 4.74 Å². The van der Waals surface area contributed by atoms with Gasteiger partial charge in [-0.2, -0.15) is 0 Å². The van der Waals surface area contributed by atoms with Crippen LogP contribution in [0.25, 0.3) is 0 Å². The van der Waals surface area contributed by atoms with E-state index in [0.29, 0.717) is 12.2 Å². The number of ether oxygens (including phenoxy) is 1. The molecule has 1 aliphatic carbocycles. The molecule has 1 aromatic heterocycles. The average Bonchev–Trinajstić information content (AvgIpc) is 2.43. The van der Waals surface area contributed by atoms with Crippen LogP contribution in [0.1, 0.15) is 20.3 Å². The first-order chi connectivity index (χ1) is 9.32. The lowest BCUT2D eigenvalue weighted by molar-refractivity contribution is -0.0908. The lowest BCUT2D eigenvalue weighted by Crippen LogP contribution is -2.61. The Labute approximate surface area is 120 Å². The van der Waals surface area contributed by atoms with E-state index in [1.165, 1.54) is 0 Å². The minimum Gasteiger partial charge on any atom is -0.381 e. The van der Waals surface area contributed by atoms with Crippen LogP contribution in [0.2, 0.25) is 0 Å². The van der Waals surface area contributed by atoms with Crippen molar-refractivity contribution < 1.29 is 13.2 Å². The number of hydrogen-bond donors (Lipinski definition) is 2. The molecule has 0 bridgehead atoms. The summed E-state index contributed by atoms with van der Waals surface area (Å²) >= 11 is 0. The summed E-state index contributed by atoms with van der Waals surface area (Å²) < 4.78 is 33.0. The van der Waals surface area contributed by atoms with Gasteiger partial charge in [-0.1, -0.05) is 13.8 Å². The van der Waals surface area contributed by atoms with E-state index in [1.807, 2.05) is 13.8 Å². The lowest BCUT2D eigenvalue weighted by atomic mass is 9.65. The molecular formula is C13H21N3O3S. The molecule has 1 saturated carbocycles. The Hall–Kier alpha value is -1.18. The van der Waals surface area contributed by atoms with Crippen molar-refractivity contribution in [2.24, 2.45) is 5.41 Å². The van der Waals surface area contributed by atoms with Gasteiger partial charge in [0.1, 0.15) is 10.7 Å². The van der Waals surface area contributed by atoms with Crippen LogP contribution in [-0.2, 0) is 14.8 Å². The summed E-state index contributed by atoms with van der Waals surface area (Å²) in [6.45, 7) is 4.00. The second-order valence-corrected chi connectivity index (χ2v) is 7.24. The Kier molecular flexibility index (Phi) is 4.04. The molecule has 0 amide bonds. The summed E-state index contributed by atoms with van der Waals surface area (Å²) in [6.07, 6.45) is 2.31. The zero-order chi connectivity index (χ0) is 15.0. The number of sulfonamides is 1. The van der Waals surface area contributed by atoms with Crippen molar-refractivity contribution in [1.29, 1.82) is 0 Å². The second kappa shape index (κ2) is 5.31. The monoisotopic (exact) mass is 299 g/mol. The van der Waals surface area contributed by atoms with E-state index in [2.05, 4.69) is 15.0 Å². The fraction of sp³-hybridized carbons (Fsp3) is 0.615. The Bertz CT molecular complexity index is 586. The van der Waals surface area contributed by atoms with Crippen LogP contribution in [0.3, 0.4) is 0 Å². The van der Waals surface area contributed by atoms with Crippen LogP contribution < -0.4 is 10.0 Å². The average molecular weight is 299 g/mol. The Balaban J connectivity index is 2.21. The molecule has 6 nitrogen and oxygen atoms in total.